The molecule has 98 valence electrons. The molecule has 6 heteroatoms. The number of carbonyl (C=O) groups excluding carboxylic acids is 1. The Labute approximate surface area is 114 Å². The molecule has 2 rings (SSSR count). The van der Waals surface area contributed by atoms with Crippen molar-refractivity contribution in [2.45, 2.75) is 18.6 Å². The molecule has 0 saturated carbocycles. The highest BCUT2D eigenvalue weighted by molar-refractivity contribution is 8.00. The molecule has 1 aliphatic rings. The van der Waals surface area contributed by atoms with Crippen LogP contribution >= 0.6 is 23.1 Å². The molecule has 18 heavy (non-hydrogen) atoms. The number of thioether (sulfide) groups is 1. The van der Waals surface area contributed by atoms with E-state index in [-0.39, 0.29) is 15.5 Å². The van der Waals surface area contributed by atoms with Crippen molar-refractivity contribution < 1.29 is 14.7 Å². The van der Waals surface area contributed by atoms with E-state index in [4.69, 9.17) is 5.11 Å². The standard InChI is InChI=1S/C12H15NO3S2/c1-12(2)7-13(5-6-17-12)10(14)8-3-4-9(18-8)11(15)16/h3-4H,5-7H2,1-2H3,(H,15,16). The fraction of sp³-hybridized carbons (Fsp3) is 0.500. The second-order valence-corrected chi connectivity index (χ2v) is 7.69. The minimum Gasteiger partial charge on any atom is -0.477 e. The first-order valence-corrected chi connectivity index (χ1v) is 7.46. The molecule has 0 atom stereocenters. The zero-order valence-corrected chi connectivity index (χ0v) is 11.9. The van der Waals surface area contributed by atoms with E-state index in [2.05, 4.69) is 13.8 Å². The number of rotatable bonds is 2. The third kappa shape index (κ3) is 2.87. The molecular weight excluding hydrogens is 270 g/mol. The third-order valence-corrected chi connectivity index (χ3v) is 5.10. The van der Waals surface area contributed by atoms with Gasteiger partial charge in [0.1, 0.15) is 4.88 Å². The minimum absolute atomic E-state index is 0.0547. The molecule has 1 aromatic heterocycles. The number of aromatic carboxylic acids is 1. The Morgan fingerprint density at radius 1 is 1.33 bits per heavy atom. The summed E-state index contributed by atoms with van der Waals surface area (Å²) in [6.07, 6.45) is 0. The van der Waals surface area contributed by atoms with Gasteiger partial charge in [-0.15, -0.1) is 11.3 Å². The van der Waals surface area contributed by atoms with Gasteiger partial charge in [-0.1, -0.05) is 0 Å². The maximum Gasteiger partial charge on any atom is 0.345 e. The van der Waals surface area contributed by atoms with Crippen LogP contribution in [0.3, 0.4) is 0 Å². The lowest BCUT2D eigenvalue weighted by atomic mass is 10.2. The van der Waals surface area contributed by atoms with Gasteiger partial charge in [-0.05, 0) is 26.0 Å². The molecule has 0 spiro atoms. The minimum atomic E-state index is -0.978. The molecule has 0 unspecified atom stereocenters. The molecule has 0 aliphatic carbocycles. The summed E-state index contributed by atoms with van der Waals surface area (Å²) in [4.78, 5) is 25.6. The molecule has 1 amide bonds. The van der Waals surface area contributed by atoms with E-state index >= 15 is 0 Å². The number of hydrogen-bond acceptors (Lipinski definition) is 4. The van der Waals surface area contributed by atoms with Crippen molar-refractivity contribution in [3.05, 3.63) is 21.9 Å². The molecule has 0 aromatic carbocycles. The Hall–Kier alpha value is -1.01. The summed E-state index contributed by atoms with van der Waals surface area (Å²) >= 11 is 2.91. The largest absolute Gasteiger partial charge is 0.477 e. The van der Waals surface area contributed by atoms with Crippen molar-refractivity contribution in [1.82, 2.24) is 4.90 Å². The lowest BCUT2D eigenvalue weighted by Gasteiger charge is -2.37. The Bertz CT molecular complexity index is 481. The van der Waals surface area contributed by atoms with Crippen LogP contribution in [0.15, 0.2) is 12.1 Å². The van der Waals surface area contributed by atoms with E-state index in [0.717, 1.165) is 23.6 Å². The number of thiophene rings is 1. The van der Waals surface area contributed by atoms with Crippen LogP contribution in [0.4, 0.5) is 0 Å². The average Bonchev–Trinajstić information content (AvgIpc) is 2.76. The quantitative estimate of drug-likeness (QED) is 0.906. The first kappa shape index (κ1) is 13.4. The predicted molar refractivity (Wildman–Crippen MR) is 73.7 cm³/mol. The second-order valence-electron chi connectivity index (χ2n) is 4.80. The lowest BCUT2D eigenvalue weighted by Crippen LogP contribution is -2.45. The van der Waals surface area contributed by atoms with Gasteiger partial charge in [0.25, 0.3) is 5.91 Å². The number of amides is 1. The highest BCUT2D eigenvalue weighted by atomic mass is 32.2. The van der Waals surface area contributed by atoms with E-state index in [1.807, 2.05) is 16.7 Å². The van der Waals surface area contributed by atoms with Crippen molar-refractivity contribution >= 4 is 35.0 Å². The highest BCUT2D eigenvalue weighted by Crippen LogP contribution is 2.30. The van der Waals surface area contributed by atoms with Crippen LogP contribution in [0, 0.1) is 0 Å². The highest BCUT2D eigenvalue weighted by Gasteiger charge is 2.30. The van der Waals surface area contributed by atoms with Gasteiger partial charge in [-0.2, -0.15) is 11.8 Å². The molecular formula is C12H15NO3S2. The fourth-order valence-corrected chi connectivity index (χ4v) is 3.84. The fourth-order valence-electron chi connectivity index (χ4n) is 1.91. The zero-order chi connectivity index (χ0) is 13.3. The molecule has 1 fully saturated rings. The summed E-state index contributed by atoms with van der Waals surface area (Å²) in [5, 5.41) is 8.86. The second kappa shape index (κ2) is 4.93. The van der Waals surface area contributed by atoms with E-state index in [9.17, 15) is 9.59 Å². The molecule has 1 saturated heterocycles. The third-order valence-electron chi connectivity index (χ3n) is 2.74. The predicted octanol–water partition coefficient (Wildman–Crippen LogP) is 2.41. The number of carboxylic acids is 1. The van der Waals surface area contributed by atoms with Crippen molar-refractivity contribution in [2.75, 3.05) is 18.8 Å². The smallest absolute Gasteiger partial charge is 0.345 e. The Balaban J connectivity index is 2.13. The zero-order valence-electron chi connectivity index (χ0n) is 10.3. The summed E-state index contributed by atoms with van der Waals surface area (Å²) < 4.78 is 0.0702. The van der Waals surface area contributed by atoms with Crippen molar-refractivity contribution in [1.29, 1.82) is 0 Å². The summed E-state index contributed by atoms with van der Waals surface area (Å²) in [5.41, 5.74) is 0. The van der Waals surface area contributed by atoms with Crippen LogP contribution < -0.4 is 0 Å². The normalized spacial score (nSPS) is 18.7. The van der Waals surface area contributed by atoms with Gasteiger partial charge in [0, 0.05) is 23.6 Å². The van der Waals surface area contributed by atoms with Gasteiger partial charge in [0.2, 0.25) is 0 Å². The summed E-state index contributed by atoms with van der Waals surface area (Å²) in [6.45, 7) is 5.67. The van der Waals surface area contributed by atoms with Gasteiger partial charge in [-0.25, -0.2) is 4.79 Å². The molecule has 0 bridgehead atoms. The Morgan fingerprint density at radius 3 is 2.56 bits per heavy atom. The van der Waals surface area contributed by atoms with Crippen LogP contribution in [0.1, 0.15) is 33.2 Å². The monoisotopic (exact) mass is 285 g/mol. The van der Waals surface area contributed by atoms with Crippen LogP contribution in [-0.4, -0.2) is 45.5 Å². The van der Waals surface area contributed by atoms with E-state index in [1.54, 1.807) is 6.07 Å². The lowest BCUT2D eigenvalue weighted by molar-refractivity contribution is 0.0701. The number of hydrogen-bond donors (Lipinski definition) is 1. The van der Waals surface area contributed by atoms with Crippen LogP contribution in [-0.2, 0) is 0 Å². The van der Waals surface area contributed by atoms with Gasteiger partial charge in [0.05, 0.1) is 4.88 Å². The van der Waals surface area contributed by atoms with E-state index in [0.29, 0.717) is 11.4 Å². The van der Waals surface area contributed by atoms with Crippen LogP contribution in [0.25, 0.3) is 0 Å². The Morgan fingerprint density at radius 2 is 2.00 bits per heavy atom. The summed E-state index contributed by atoms with van der Waals surface area (Å²) in [6, 6.07) is 3.09. The molecule has 1 N–H and O–H groups in total. The first-order chi connectivity index (χ1) is 8.39. The Kier molecular flexibility index (Phi) is 3.68. The van der Waals surface area contributed by atoms with Crippen molar-refractivity contribution in [2.24, 2.45) is 0 Å². The van der Waals surface area contributed by atoms with Gasteiger partial charge in [-0.3, -0.25) is 4.79 Å². The molecule has 0 radical (unpaired) electrons. The number of nitrogens with zero attached hydrogens (tertiary/aromatic N) is 1. The average molecular weight is 285 g/mol. The maximum absolute atomic E-state index is 12.3. The number of carboxylic acid groups (broad SMARTS) is 1. The molecule has 4 nitrogen and oxygen atoms in total. The van der Waals surface area contributed by atoms with Gasteiger partial charge in [0.15, 0.2) is 0 Å². The van der Waals surface area contributed by atoms with Gasteiger partial charge >= 0.3 is 5.97 Å². The summed E-state index contributed by atoms with van der Waals surface area (Å²) in [7, 11) is 0. The first-order valence-electron chi connectivity index (χ1n) is 5.65. The topological polar surface area (TPSA) is 57.6 Å². The van der Waals surface area contributed by atoms with Crippen molar-refractivity contribution in [3.63, 3.8) is 0 Å². The molecule has 2 heterocycles. The van der Waals surface area contributed by atoms with E-state index < -0.39 is 5.97 Å². The van der Waals surface area contributed by atoms with E-state index in [1.165, 1.54) is 6.07 Å². The van der Waals surface area contributed by atoms with Gasteiger partial charge < -0.3 is 10.0 Å². The maximum atomic E-state index is 12.3. The summed E-state index contributed by atoms with van der Waals surface area (Å²) in [5.74, 6) is -0.106. The molecule has 1 aliphatic heterocycles. The van der Waals surface area contributed by atoms with Crippen LogP contribution in [0.2, 0.25) is 0 Å². The van der Waals surface area contributed by atoms with Crippen LogP contribution in [0.5, 0.6) is 0 Å². The molecule has 1 aromatic rings. The number of carbonyl (C=O) groups is 2. The SMILES string of the molecule is CC1(C)CN(C(=O)c2ccc(C(=O)O)s2)CCS1. The van der Waals surface area contributed by atoms with Crippen molar-refractivity contribution in [3.8, 4) is 0 Å².